The van der Waals surface area contributed by atoms with Gasteiger partial charge < -0.3 is 14.6 Å². The summed E-state index contributed by atoms with van der Waals surface area (Å²) in [4.78, 5) is 36.0. The Kier molecular flexibility index (Phi) is 8.44. The third-order valence-corrected chi connectivity index (χ3v) is 4.86. The fraction of sp³-hybridized carbons (Fsp3) is 0.318. The van der Waals surface area contributed by atoms with E-state index in [4.69, 9.17) is 9.47 Å². The molecule has 2 rings (SSSR count). The lowest BCUT2D eigenvalue weighted by molar-refractivity contribution is -0.141. The maximum Gasteiger partial charge on any atom is 0.414 e. The Bertz CT molecular complexity index is 935. The molecular formula is C22H24FNO6S. The van der Waals surface area contributed by atoms with Gasteiger partial charge in [0.25, 0.3) is 5.91 Å². The summed E-state index contributed by atoms with van der Waals surface area (Å²) in [5, 5.41) is 11.6. The Morgan fingerprint density at radius 3 is 2.45 bits per heavy atom. The SMILES string of the molecule is CC(C)(CCOC(=O)CS)[C@H](OC(=O)NC(=O)c1ccccc1)c1ccc(O)c(F)c1. The number of hydrogen-bond donors (Lipinski definition) is 3. The molecule has 0 bridgehead atoms. The van der Waals surface area contributed by atoms with Crippen molar-refractivity contribution in [3.63, 3.8) is 0 Å². The molecule has 0 aliphatic rings. The lowest BCUT2D eigenvalue weighted by atomic mass is 9.80. The molecule has 0 aromatic heterocycles. The van der Waals surface area contributed by atoms with E-state index in [9.17, 15) is 23.9 Å². The van der Waals surface area contributed by atoms with Crippen molar-refractivity contribution in [3.8, 4) is 5.75 Å². The predicted molar refractivity (Wildman–Crippen MR) is 114 cm³/mol. The second-order valence-electron chi connectivity index (χ2n) is 7.43. The first-order valence-corrected chi connectivity index (χ1v) is 10.1. The summed E-state index contributed by atoms with van der Waals surface area (Å²) < 4.78 is 24.5. The van der Waals surface area contributed by atoms with Crippen molar-refractivity contribution in [2.75, 3.05) is 12.4 Å². The molecule has 0 unspecified atom stereocenters. The van der Waals surface area contributed by atoms with Crippen LogP contribution in [-0.2, 0) is 14.3 Å². The third kappa shape index (κ3) is 6.99. The molecule has 7 nitrogen and oxygen atoms in total. The van der Waals surface area contributed by atoms with Crippen molar-refractivity contribution in [1.29, 1.82) is 0 Å². The number of phenolic OH excluding ortho intramolecular Hbond substituents is 1. The van der Waals surface area contributed by atoms with Gasteiger partial charge in [-0.15, -0.1) is 0 Å². The van der Waals surface area contributed by atoms with Crippen LogP contribution in [0.4, 0.5) is 9.18 Å². The van der Waals surface area contributed by atoms with Gasteiger partial charge in [0.2, 0.25) is 0 Å². The van der Waals surface area contributed by atoms with Crippen molar-refractivity contribution in [1.82, 2.24) is 5.32 Å². The second-order valence-corrected chi connectivity index (χ2v) is 7.75. The van der Waals surface area contributed by atoms with Crippen LogP contribution in [0, 0.1) is 11.2 Å². The van der Waals surface area contributed by atoms with Gasteiger partial charge in [-0.05, 0) is 36.2 Å². The summed E-state index contributed by atoms with van der Waals surface area (Å²) in [6, 6.07) is 11.7. The van der Waals surface area contributed by atoms with Crippen LogP contribution in [-0.4, -0.2) is 35.4 Å². The van der Waals surface area contributed by atoms with E-state index in [1.807, 2.05) is 0 Å². The molecule has 0 fully saturated rings. The molecule has 0 spiro atoms. The number of amides is 2. The Morgan fingerprint density at radius 1 is 1.16 bits per heavy atom. The first-order chi connectivity index (χ1) is 14.6. The molecule has 0 radical (unpaired) electrons. The molecular weight excluding hydrogens is 425 g/mol. The number of nitrogens with one attached hydrogen (secondary N) is 1. The minimum Gasteiger partial charge on any atom is -0.505 e. The van der Waals surface area contributed by atoms with Gasteiger partial charge in [0, 0.05) is 11.0 Å². The topological polar surface area (TPSA) is 102 Å². The molecule has 0 aliphatic carbocycles. The van der Waals surface area contributed by atoms with E-state index in [-0.39, 0.29) is 29.9 Å². The van der Waals surface area contributed by atoms with E-state index in [1.165, 1.54) is 18.2 Å². The fourth-order valence-corrected chi connectivity index (χ4v) is 2.95. The molecule has 2 N–H and O–H groups in total. The highest BCUT2D eigenvalue weighted by molar-refractivity contribution is 7.81. The number of rotatable bonds is 8. The van der Waals surface area contributed by atoms with E-state index in [2.05, 4.69) is 17.9 Å². The van der Waals surface area contributed by atoms with Crippen LogP contribution in [0.5, 0.6) is 5.75 Å². The molecule has 2 aromatic carbocycles. The molecule has 2 amide bonds. The summed E-state index contributed by atoms with van der Waals surface area (Å²) in [6.07, 6.45) is -1.77. The summed E-state index contributed by atoms with van der Waals surface area (Å²) >= 11 is 3.84. The number of thiol groups is 1. The normalized spacial score (nSPS) is 12.0. The molecule has 0 heterocycles. The summed E-state index contributed by atoms with van der Waals surface area (Å²) in [6.45, 7) is 3.50. The van der Waals surface area contributed by atoms with Crippen LogP contribution in [0.25, 0.3) is 0 Å². The van der Waals surface area contributed by atoms with E-state index in [0.717, 1.165) is 12.1 Å². The van der Waals surface area contributed by atoms with Gasteiger partial charge in [-0.2, -0.15) is 12.6 Å². The van der Waals surface area contributed by atoms with E-state index < -0.39 is 41.1 Å². The Morgan fingerprint density at radius 2 is 1.84 bits per heavy atom. The lowest BCUT2D eigenvalue weighted by Gasteiger charge is -2.34. The predicted octanol–water partition coefficient (Wildman–Crippen LogP) is 4.03. The van der Waals surface area contributed by atoms with E-state index in [1.54, 1.807) is 32.0 Å². The minimum atomic E-state index is -1.02. The van der Waals surface area contributed by atoms with Crippen molar-refractivity contribution in [3.05, 3.63) is 65.5 Å². The number of esters is 1. The molecule has 9 heteroatoms. The maximum absolute atomic E-state index is 14.0. The van der Waals surface area contributed by atoms with Crippen LogP contribution in [0.15, 0.2) is 48.5 Å². The standard InChI is InChI=1S/C22H24FNO6S/c1-22(2,10-11-29-18(26)13-31)19(15-8-9-17(25)16(23)12-15)30-21(28)24-20(27)14-6-4-3-5-7-14/h3-9,12,19,25,31H,10-11,13H2,1-2H3,(H,24,27,28)/t19-/m1/s1. The monoisotopic (exact) mass is 449 g/mol. The van der Waals surface area contributed by atoms with Crippen molar-refractivity contribution < 1.29 is 33.4 Å². The van der Waals surface area contributed by atoms with E-state index >= 15 is 0 Å². The van der Waals surface area contributed by atoms with Crippen LogP contribution in [0.3, 0.4) is 0 Å². The zero-order valence-electron chi connectivity index (χ0n) is 17.1. The largest absolute Gasteiger partial charge is 0.505 e. The average Bonchev–Trinajstić information content (AvgIpc) is 2.74. The highest BCUT2D eigenvalue weighted by atomic mass is 32.1. The van der Waals surface area contributed by atoms with Gasteiger partial charge in [0.1, 0.15) is 6.10 Å². The molecule has 0 aliphatic heterocycles. The van der Waals surface area contributed by atoms with Crippen LogP contribution >= 0.6 is 12.6 Å². The number of benzene rings is 2. The van der Waals surface area contributed by atoms with Gasteiger partial charge in [0.05, 0.1) is 12.4 Å². The summed E-state index contributed by atoms with van der Waals surface area (Å²) in [7, 11) is 0. The van der Waals surface area contributed by atoms with Gasteiger partial charge in [-0.3, -0.25) is 14.9 Å². The van der Waals surface area contributed by atoms with Crippen molar-refractivity contribution in [2.24, 2.45) is 5.41 Å². The van der Waals surface area contributed by atoms with Crippen molar-refractivity contribution in [2.45, 2.75) is 26.4 Å². The summed E-state index contributed by atoms with van der Waals surface area (Å²) in [5.74, 6) is -2.66. The molecule has 0 saturated heterocycles. The van der Waals surface area contributed by atoms with Crippen molar-refractivity contribution >= 4 is 30.6 Å². The number of halogens is 1. The number of carbonyl (C=O) groups excluding carboxylic acids is 3. The number of phenols is 1. The maximum atomic E-state index is 14.0. The smallest absolute Gasteiger partial charge is 0.414 e. The van der Waals surface area contributed by atoms with Gasteiger partial charge >= 0.3 is 12.1 Å². The zero-order chi connectivity index (χ0) is 23.0. The lowest BCUT2D eigenvalue weighted by Crippen LogP contribution is -2.36. The van der Waals surface area contributed by atoms with Crippen LogP contribution < -0.4 is 5.32 Å². The second kappa shape index (κ2) is 10.8. The van der Waals surface area contributed by atoms with Gasteiger partial charge in [-0.25, -0.2) is 9.18 Å². The number of alkyl carbamates (subject to hydrolysis) is 1. The summed E-state index contributed by atoms with van der Waals surface area (Å²) in [5.41, 5.74) is -0.291. The Balaban J connectivity index is 2.20. The fourth-order valence-electron chi connectivity index (χ4n) is 2.86. The number of aromatic hydroxyl groups is 1. The molecule has 2 aromatic rings. The first-order valence-electron chi connectivity index (χ1n) is 9.46. The third-order valence-electron chi connectivity index (χ3n) is 4.60. The number of ether oxygens (including phenoxy) is 2. The molecule has 166 valence electrons. The first kappa shape index (κ1) is 24.2. The number of hydrogen-bond acceptors (Lipinski definition) is 7. The van der Waals surface area contributed by atoms with Crippen LogP contribution in [0.1, 0.15) is 42.3 Å². The van der Waals surface area contributed by atoms with Gasteiger partial charge in [-0.1, -0.05) is 38.1 Å². The molecule has 1 atom stereocenters. The number of imide groups is 1. The average molecular weight is 450 g/mol. The molecule has 31 heavy (non-hydrogen) atoms. The Hall–Kier alpha value is -3.07. The van der Waals surface area contributed by atoms with E-state index in [0.29, 0.717) is 0 Å². The Labute approximate surface area is 185 Å². The number of carbonyl (C=O) groups is 3. The quantitative estimate of drug-likeness (QED) is 0.416. The highest BCUT2D eigenvalue weighted by Gasteiger charge is 2.35. The van der Waals surface area contributed by atoms with Crippen LogP contribution in [0.2, 0.25) is 0 Å². The minimum absolute atomic E-state index is 0.0252. The highest BCUT2D eigenvalue weighted by Crippen LogP contribution is 2.40. The zero-order valence-corrected chi connectivity index (χ0v) is 18.0. The molecule has 0 saturated carbocycles. The van der Waals surface area contributed by atoms with Gasteiger partial charge in [0.15, 0.2) is 11.6 Å².